The van der Waals surface area contributed by atoms with Crippen LogP contribution in [0.15, 0.2) is 42.7 Å². The Bertz CT molecular complexity index is 526. The molecule has 16 heavy (non-hydrogen) atoms. The summed E-state index contributed by atoms with van der Waals surface area (Å²) < 4.78 is 13.6. The summed E-state index contributed by atoms with van der Waals surface area (Å²) in [5.74, 6) is -1.70. The number of halogens is 1. The third-order valence-electron chi connectivity index (χ3n) is 2.19. The molecule has 1 aromatic carbocycles. The van der Waals surface area contributed by atoms with Gasteiger partial charge in [0.25, 0.3) is 0 Å². The Morgan fingerprint density at radius 2 is 2.12 bits per heavy atom. The lowest BCUT2D eigenvalue weighted by molar-refractivity contribution is 0.0696. The van der Waals surface area contributed by atoms with E-state index in [1.165, 1.54) is 18.3 Å². The number of carboxylic acid groups (broad SMARTS) is 1. The highest BCUT2D eigenvalue weighted by atomic mass is 19.1. The van der Waals surface area contributed by atoms with E-state index in [4.69, 9.17) is 5.11 Å². The highest BCUT2D eigenvalue weighted by Gasteiger charge is 2.09. The van der Waals surface area contributed by atoms with Gasteiger partial charge < -0.3 is 5.11 Å². The molecule has 0 atom stereocenters. The molecule has 1 N–H and O–H groups in total. The average molecular weight is 217 g/mol. The van der Waals surface area contributed by atoms with Gasteiger partial charge in [-0.15, -0.1) is 0 Å². The van der Waals surface area contributed by atoms with Crippen molar-refractivity contribution in [2.45, 2.75) is 0 Å². The lowest BCUT2D eigenvalue weighted by Crippen LogP contribution is -1.97. The summed E-state index contributed by atoms with van der Waals surface area (Å²) in [4.78, 5) is 14.5. The molecule has 2 rings (SSSR count). The van der Waals surface area contributed by atoms with E-state index in [9.17, 15) is 9.18 Å². The number of nitrogens with zero attached hydrogens (tertiary/aromatic N) is 1. The third-order valence-corrected chi connectivity index (χ3v) is 2.19. The molecule has 1 heterocycles. The molecule has 3 nitrogen and oxygen atoms in total. The Morgan fingerprint density at radius 3 is 2.69 bits per heavy atom. The van der Waals surface area contributed by atoms with Gasteiger partial charge in [-0.1, -0.05) is 12.1 Å². The SMILES string of the molecule is O=C(O)c1ccc(-c2cccnc2)c(F)c1. The van der Waals surface area contributed by atoms with Crippen molar-refractivity contribution >= 4 is 5.97 Å². The molecule has 0 aliphatic rings. The molecule has 0 aliphatic carbocycles. The minimum atomic E-state index is -1.14. The first-order chi connectivity index (χ1) is 7.68. The van der Waals surface area contributed by atoms with Gasteiger partial charge in [-0.25, -0.2) is 9.18 Å². The maximum absolute atomic E-state index is 13.6. The van der Waals surface area contributed by atoms with E-state index in [0.29, 0.717) is 11.1 Å². The van der Waals surface area contributed by atoms with E-state index in [0.717, 1.165) is 6.07 Å². The summed E-state index contributed by atoms with van der Waals surface area (Å²) in [5.41, 5.74) is 0.903. The molecule has 0 bridgehead atoms. The first-order valence-electron chi connectivity index (χ1n) is 4.62. The van der Waals surface area contributed by atoms with E-state index in [1.807, 2.05) is 0 Å². The summed E-state index contributed by atoms with van der Waals surface area (Å²) in [6.45, 7) is 0. The second kappa shape index (κ2) is 4.10. The van der Waals surface area contributed by atoms with Crippen LogP contribution in [0.5, 0.6) is 0 Å². The zero-order valence-electron chi connectivity index (χ0n) is 8.22. The Morgan fingerprint density at radius 1 is 1.31 bits per heavy atom. The molecule has 0 amide bonds. The van der Waals surface area contributed by atoms with E-state index in [-0.39, 0.29) is 5.56 Å². The van der Waals surface area contributed by atoms with Crippen LogP contribution in [0.3, 0.4) is 0 Å². The molecule has 0 saturated carbocycles. The first kappa shape index (κ1) is 10.3. The molecular formula is C12H8FNO2. The van der Waals surface area contributed by atoms with E-state index < -0.39 is 11.8 Å². The van der Waals surface area contributed by atoms with Crippen molar-refractivity contribution in [2.75, 3.05) is 0 Å². The summed E-state index contributed by atoms with van der Waals surface area (Å²) in [6.07, 6.45) is 3.12. The standard InChI is InChI=1S/C12H8FNO2/c13-11-6-8(12(15)16)3-4-10(11)9-2-1-5-14-7-9/h1-7H,(H,15,16). The summed E-state index contributed by atoms with van der Waals surface area (Å²) in [6, 6.07) is 7.22. The Kier molecular flexibility index (Phi) is 2.64. The number of rotatable bonds is 2. The number of hydrogen-bond donors (Lipinski definition) is 1. The largest absolute Gasteiger partial charge is 0.478 e. The maximum Gasteiger partial charge on any atom is 0.335 e. The molecule has 80 valence electrons. The predicted molar refractivity (Wildman–Crippen MR) is 56.6 cm³/mol. The van der Waals surface area contributed by atoms with E-state index >= 15 is 0 Å². The fourth-order valence-corrected chi connectivity index (χ4v) is 1.40. The molecule has 0 fully saturated rings. The number of pyridine rings is 1. The lowest BCUT2D eigenvalue weighted by atomic mass is 10.1. The van der Waals surface area contributed by atoms with Crippen molar-refractivity contribution in [1.29, 1.82) is 0 Å². The van der Waals surface area contributed by atoms with Crippen molar-refractivity contribution < 1.29 is 14.3 Å². The van der Waals surface area contributed by atoms with Gasteiger partial charge in [0.05, 0.1) is 5.56 Å². The van der Waals surface area contributed by atoms with Crippen molar-refractivity contribution in [2.24, 2.45) is 0 Å². The smallest absolute Gasteiger partial charge is 0.335 e. The predicted octanol–water partition coefficient (Wildman–Crippen LogP) is 2.59. The Hall–Kier alpha value is -2.23. The molecule has 4 heteroatoms. The molecule has 0 aliphatic heterocycles. The molecule has 0 spiro atoms. The number of benzene rings is 1. The summed E-state index contributed by atoms with van der Waals surface area (Å²) >= 11 is 0. The van der Waals surface area contributed by atoms with Crippen LogP contribution in [-0.4, -0.2) is 16.1 Å². The van der Waals surface area contributed by atoms with E-state index in [2.05, 4.69) is 4.98 Å². The Balaban J connectivity index is 2.48. The zero-order chi connectivity index (χ0) is 11.5. The number of aromatic nitrogens is 1. The maximum atomic E-state index is 13.6. The molecule has 1 aromatic heterocycles. The normalized spacial score (nSPS) is 10.1. The average Bonchev–Trinajstić information content (AvgIpc) is 2.30. The van der Waals surface area contributed by atoms with Crippen LogP contribution in [0.1, 0.15) is 10.4 Å². The van der Waals surface area contributed by atoms with Crippen LogP contribution >= 0.6 is 0 Å². The van der Waals surface area contributed by atoms with Crippen LogP contribution in [0.2, 0.25) is 0 Å². The topological polar surface area (TPSA) is 50.2 Å². The van der Waals surface area contributed by atoms with Gasteiger partial charge in [0.1, 0.15) is 5.82 Å². The molecule has 2 aromatic rings. The van der Waals surface area contributed by atoms with Gasteiger partial charge in [-0.05, 0) is 18.2 Å². The zero-order valence-corrected chi connectivity index (χ0v) is 8.22. The first-order valence-corrected chi connectivity index (χ1v) is 4.62. The van der Waals surface area contributed by atoms with Crippen LogP contribution in [0.25, 0.3) is 11.1 Å². The minimum Gasteiger partial charge on any atom is -0.478 e. The van der Waals surface area contributed by atoms with Crippen LogP contribution in [-0.2, 0) is 0 Å². The molecule has 0 unspecified atom stereocenters. The van der Waals surface area contributed by atoms with Gasteiger partial charge in [0.2, 0.25) is 0 Å². The van der Waals surface area contributed by atoms with Gasteiger partial charge in [0.15, 0.2) is 0 Å². The minimum absolute atomic E-state index is 0.0647. The van der Waals surface area contributed by atoms with Crippen LogP contribution < -0.4 is 0 Å². The lowest BCUT2D eigenvalue weighted by Gasteiger charge is -2.03. The molecular weight excluding hydrogens is 209 g/mol. The van der Waals surface area contributed by atoms with Crippen molar-refractivity contribution in [3.8, 4) is 11.1 Å². The van der Waals surface area contributed by atoms with Gasteiger partial charge >= 0.3 is 5.97 Å². The molecule has 0 saturated heterocycles. The van der Waals surface area contributed by atoms with Crippen LogP contribution in [0.4, 0.5) is 4.39 Å². The summed E-state index contributed by atoms with van der Waals surface area (Å²) in [5, 5.41) is 8.69. The fraction of sp³-hybridized carbons (Fsp3) is 0. The number of carboxylic acids is 1. The van der Waals surface area contributed by atoms with Gasteiger partial charge in [-0.2, -0.15) is 0 Å². The van der Waals surface area contributed by atoms with E-state index in [1.54, 1.807) is 18.3 Å². The van der Waals surface area contributed by atoms with Crippen LogP contribution in [0, 0.1) is 5.82 Å². The van der Waals surface area contributed by atoms with Gasteiger partial charge in [0, 0.05) is 23.5 Å². The second-order valence-electron chi connectivity index (χ2n) is 3.24. The highest BCUT2D eigenvalue weighted by Crippen LogP contribution is 2.22. The second-order valence-corrected chi connectivity index (χ2v) is 3.24. The third kappa shape index (κ3) is 1.91. The Labute approximate surface area is 91.2 Å². The number of carbonyl (C=O) groups is 1. The summed E-state index contributed by atoms with van der Waals surface area (Å²) in [7, 11) is 0. The number of aromatic carboxylic acids is 1. The van der Waals surface area contributed by atoms with Crippen molar-refractivity contribution in [3.05, 3.63) is 54.1 Å². The fourth-order valence-electron chi connectivity index (χ4n) is 1.40. The van der Waals surface area contributed by atoms with Gasteiger partial charge in [-0.3, -0.25) is 4.98 Å². The van der Waals surface area contributed by atoms with Crippen molar-refractivity contribution in [1.82, 2.24) is 4.98 Å². The highest BCUT2D eigenvalue weighted by molar-refractivity contribution is 5.88. The number of hydrogen-bond acceptors (Lipinski definition) is 2. The molecule has 0 radical (unpaired) electrons. The van der Waals surface area contributed by atoms with Crippen molar-refractivity contribution in [3.63, 3.8) is 0 Å². The monoisotopic (exact) mass is 217 g/mol. The quantitative estimate of drug-likeness (QED) is 0.841.